The van der Waals surface area contributed by atoms with E-state index in [0.717, 1.165) is 51.4 Å². The molecule has 4 saturated heterocycles. The Balaban J connectivity index is 1.06. The summed E-state index contributed by atoms with van der Waals surface area (Å²) in [4.78, 5) is 0. The smallest absolute Gasteiger partial charge is 0.197 e. The number of aliphatic hydroxyl groups is 7. The van der Waals surface area contributed by atoms with Crippen molar-refractivity contribution in [3.05, 3.63) is 0 Å². The molecule has 310 valence electrons. The highest BCUT2D eigenvalue weighted by molar-refractivity contribution is 5.22. The normalized spacial score (nSPS) is 58.2. The lowest BCUT2D eigenvalue weighted by Gasteiger charge is -2.71. The first-order valence-electron chi connectivity index (χ1n) is 20.8. The van der Waals surface area contributed by atoms with Gasteiger partial charge in [-0.2, -0.15) is 0 Å². The quantitative estimate of drug-likeness (QED) is 0.195. The minimum Gasteiger partial charge on any atom is -0.394 e. The fourth-order valence-electron chi connectivity index (χ4n) is 14.3. The van der Waals surface area contributed by atoms with Crippen LogP contribution < -0.4 is 0 Å². The van der Waals surface area contributed by atoms with E-state index in [-0.39, 0.29) is 52.0 Å². The molecule has 0 amide bonds. The van der Waals surface area contributed by atoms with Crippen LogP contribution in [0, 0.1) is 45.3 Å². The topological polar surface area (TPSA) is 197 Å². The molecule has 2 unspecified atom stereocenters. The summed E-state index contributed by atoms with van der Waals surface area (Å²) in [6.45, 7) is 17.3. The van der Waals surface area contributed by atoms with Gasteiger partial charge in [0.2, 0.25) is 0 Å². The largest absolute Gasteiger partial charge is 0.394 e. The van der Waals surface area contributed by atoms with E-state index in [4.69, 9.17) is 28.4 Å². The molecular formula is C41H68O13. The first-order chi connectivity index (χ1) is 25.1. The Kier molecular flexibility index (Phi) is 9.69. The van der Waals surface area contributed by atoms with Crippen molar-refractivity contribution in [3.8, 4) is 0 Å². The molecule has 2 bridgehead atoms. The predicted molar refractivity (Wildman–Crippen MR) is 192 cm³/mol. The van der Waals surface area contributed by atoms with Gasteiger partial charge in [-0.3, -0.25) is 0 Å². The van der Waals surface area contributed by atoms with E-state index < -0.39 is 73.3 Å². The Labute approximate surface area is 320 Å². The van der Waals surface area contributed by atoms with Gasteiger partial charge >= 0.3 is 0 Å². The van der Waals surface area contributed by atoms with Crippen LogP contribution in [0.3, 0.4) is 0 Å². The third-order valence-electron chi connectivity index (χ3n) is 17.6. The van der Waals surface area contributed by atoms with Gasteiger partial charge in [-0.15, -0.1) is 0 Å². The Morgan fingerprint density at radius 2 is 1.44 bits per heavy atom. The molecule has 4 aliphatic carbocycles. The van der Waals surface area contributed by atoms with E-state index in [1.54, 1.807) is 0 Å². The molecule has 13 heteroatoms. The highest BCUT2D eigenvalue weighted by Crippen LogP contribution is 2.78. The lowest BCUT2D eigenvalue weighted by atomic mass is 9.35. The molecule has 7 N–H and O–H groups in total. The molecule has 8 fully saturated rings. The van der Waals surface area contributed by atoms with Crippen molar-refractivity contribution in [2.24, 2.45) is 45.3 Å². The molecule has 0 radical (unpaired) electrons. The first-order valence-corrected chi connectivity index (χ1v) is 20.8. The number of hydrogen-bond acceptors (Lipinski definition) is 13. The van der Waals surface area contributed by atoms with E-state index in [1.165, 1.54) is 0 Å². The van der Waals surface area contributed by atoms with E-state index in [1.807, 2.05) is 13.8 Å². The molecule has 0 aromatic heterocycles. The summed E-state index contributed by atoms with van der Waals surface area (Å²) in [5.41, 5.74) is -1.72. The highest BCUT2D eigenvalue weighted by Gasteiger charge is 2.75. The fraction of sp³-hybridized carbons (Fsp3) is 1.00. The van der Waals surface area contributed by atoms with Gasteiger partial charge in [0, 0.05) is 6.42 Å². The van der Waals surface area contributed by atoms with Crippen LogP contribution in [0.25, 0.3) is 0 Å². The molecule has 4 saturated carbocycles. The third-order valence-corrected chi connectivity index (χ3v) is 17.6. The van der Waals surface area contributed by atoms with E-state index in [2.05, 4.69) is 41.5 Å². The highest BCUT2D eigenvalue weighted by atomic mass is 16.8. The summed E-state index contributed by atoms with van der Waals surface area (Å²) in [6, 6.07) is 0. The van der Waals surface area contributed by atoms with Crippen molar-refractivity contribution in [3.63, 3.8) is 0 Å². The molecule has 0 aromatic rings. The zero-order valence-electron chi connectivity index (χ0n) is 33.5. The molecule has 13 nitrogen and oxygen atoms in total. The maximum atomic E-state index is 11.6. The molecule has 20 atom stereocenters. The fourth-order valence-corrected chi connectivity index (χ4v) is 14.3. The molecular weight excluding hydrogens is 700 g/mol. The van der Waals surface area contributed by atoms with Crippen LogP contribution in [-0.2, 0) is 28.4 Å². The Morgan fingerprint density at radius 1 is 0.741 bits per heavy atom. The Hall–Kier alpha value is -0.520. The molecule has 0 aromatic carbocycles. The van der Waals surface area contributed by atoms with Gasteiger partial charge < -0.3 is 64.2 Å². The molecule has 8 rings (SSSR count). The van der Waals surface area contributed by atoms with Crippen molar-refractivity contribution in [1.29, 1.82) is 0 Å². The number of fused-ring (bicyclic) bond motifs is 7. The van der Waals surface area contributed by atoms with Crippen LogP contribution in [0.15, 0.2) is 0 Å². The lowest BCUT2D eigenvalue weighted by Crippen LogP contribution is -2.68. The van der Waals surface area contributed by atoms with E-state index in [9.17, 15) is 35.7 Å². The number of rotatable bonds is 6. The minimum atomic E-state index is -1.69. The maximum absolute atomic E-state index is 11.6. The summed E-state index contributed by atoms with van der Waals surface area (Å²) in [7, 11) is 0. The van der Waals surface area contributed by atoms with E-state index >= 15 is 0 Å². The van der Waals surface area contributed by atoms with Gasteiger partial charge in [0.05, 0.1) is 31.0 Å². The Bertz CT molecular complexity index is 1420. The third kappa shape index (κ3) is 5.50. The van der Waals surface area contributed by atoms with Gasteiger partial charge in [0.1, 0.15) is 48.3 Å². The average Bonchev–Trinajstić information content (AvgIpc) is 3.62. The number of ether oxygens (including phenoxy) is 6. The minimum absolute atomic E-state index is 0.0225. The summed E-state index contributed by atoms with van der Waals surface area (Å²) < 4.78 is 38.6. The van der Waals surface area contributed by atoms with Crippen molar-refractivity contribution in [2.45, 2.75) is 198 Å². The van der Waals surface area contributed by atoms with Gasteiger partial charge in [0.15, 0.2) is 18.4 Å². The van der Waals surface area contributed by atoms with Crippen LogP contribution in [0.4, 0.5) is 0 Å². The van der Waals surface area contributed by atoms with E-state index in [0.29, 0.717) is 24.2 Å². The van der Waals surface area contributed by atoms with Crippen molar-refractivity contribution in [1.82, 2.24) is 0 Å². The number of aliphatic hydroxyl groups excluding tert-OH is 6. The summed E-state index contributed by atoms with van der Waals surface area (Å²) in [6.07, 6.45) is -4.65. The monoisotopic (exact) mass is 768 g/mol. The van der Waals surface area contributed by atoms with Crippen molar-refractivity contribution < 1.29 is 64.2 Å². The molecule has 8 aliphatic rings. The molecule has 4 heterocycles. The second-order valence-electron chi connectivity index (χ2n) is 20.8. The van der Waals surface area contributed by atoms with Crippen LogP contribution >= 0.6 is 0 Å². The zero-order valence-corrected chi connectivity index (χ0v) is 33.5. The maximum Gasteiger partial charge on any atom is 0.197 e. The van der Waals surface area contributed by atoms with Crippen molar-refractivity contribution in [2.75, 3.05) is 13.2 Å². The zero-order chi connectivity index (χ0) is 39.2. The molecule has 54 heavy (non-hydrogen) atoms. The Morgan fingerprint density at radius 3 is 2.13 bits per heavy atom. The molecule has 4 aliphatic heterocycles. The lowest BCUT2D eigenvalue weighted by molar-refractivity contribution is -0.368. The van der Waals surface area contributed by atoms with Crippen LogP contribution in [0.2, 0.25) is 0 Å². The predicted octanol–water partition coefficient (Wildman–Crippen LogP) is 2.36. The van der Waals surface area contributed by atoms with Gasteiger partial charge in [-0.05, 0) is 117 Å². The standard InChI is InChI=1S/C41H68O13/c1-35(2)24-10-14-38(6)25(17-22-27-20(9-13-39(27,38)7)40(8)15-16-41(53-22,54-40)36(3,4)48)37(24,5)12-11-26(35)51-34-32(28(44)21(43)19-49-34)52-33-31(47)30(46)29(45)23(18-42)50-33/h20-34,42-48H,9-19H2,1-8H3/t20-,21+,22+,23+,24?,25+,26-,27?,28-,29+,30-,31+,32+,33-,34-,37-,38+,39+,40+,41-/m0/s1. The average molecular weight is 769 g/mol. The van der Waals surface area contributed by atoms with Gasteiger partial charge in [0.25, 0.3) is 0 Å². The molecule has 0 spiro atoms. The van der Waals surface area contributed by atoms with Crippen LogP contribution in [0.5, 0.6) is 0 Å². The van der Waals surface area contributed by atoms with Gasteiger partial charge in [-0.25, -0.2) is 0 Å². The first kappa shape index (κ1) is 40.3. The number of hydrogen-bond donors (Lipinski definition) is 7. The summed E-state index contributed by atoms with van der Waals surface area (Å²) in [5, 5.41) is 74.4. The van der Waals surface area contributed by atoms with Gasteiger partial charge in [-0.1, -0.05) is 34.6 Å². The van der Waals surface area contributed by atoms with Crippen molar-refractivity contribution >= 4 is 0 Å². The SMILES string of the molecule is CC1(C)C2CC[C@]3(C)[C@H](C[C@H]4O[C@@]5(C(C)(C)O)CC[C@@](C)(O5)[C@H]5CC[C@]3(C)C45)[C@@]2(C)CC[C@@H]1O[C@@H]1OC[C@@H](O)[C@H](O)[C@H]1O[C@@H]1O[C@H](CO)[C@@H](O)[C@H](O)[C@H]1O. The summed E-state index contributed by atoms with van der Waals surface area (Å²) >= 11 is 0. The van der Waals surface area contributed by atoms with Crippen LogP contribution in [-0.4, -0.2) is 133 Å². The second-order valence-corrected chi connectivity index (χ2v) is 20.8. The summed E-state index contributed by atoms with van der Waals surface area (Å²) in [5.74, 6) is 0.347. The second kappa shape index (κ2) is 13.0. The van der Waals surface area contributed by atoms with Crippen LogP contribution in [0.1, 0.15) is 113 Å².